The predicted octanol–water partition coefficient (Wildman–Crippen LogP) is 6.07. The van der Waals surface area contributed by atoms with Crippen LogP contribution in [-0.2, 0) is 22.7 Å². The monoisotopic (exact) mass is 491 g/mol. The molecule has 0 aliphatic carbocycles. The zero-order chi connectivity index (χ0) is 23.6. The first-order valence-corrected chi connectivity index (χ1v) is 11.6. The van der Waals surface area contributed by atoms with Gasteiger partial charge in [-0.15, -0.1) is 0 Å². The number of alkyl halides is 3. The summed E-state index contributed by atoms with van der Waals surface area (Å²) < 4.78 is 69.6. The summed E-state index contributed by atoms with van der Waals surface area (Å²) >= 11 is 5.99. The van der Waals surface area contributed by atoms with Crippen molar-refractivity contribution in [2.45, 2.75) is 17.6 Å². The SMILES string of the molecule is O=S(=O)(Nc1cc(C(F)(F)F)ccc1Cl)c1cn(Cc2ccccc2)nc1-c1ccccc1. The van der Waals surface area contributed by atoms with Crippen LogP contribution in [0.25, 0.3) is 11.3 Å². The van der Waals surface area contributed by atoms with E-state index in [0.717, 1.165) is 17.7 Å². The molecule has 0 fully saturated rings. The lowest BCUT2D eigenvalue weighted by molar-refractivity contribution is -0.137. The van der Waals surface area contributed by atoms with Gasteiger partial charge in [-0.05, 0) is 23.8 Å². The molecule has 4 rings (SSSR count). The molecule has 0 amide bonds. The molecule has 0 unspecified atom stereocenters. The Morgan fingerprint density at radius 2 is 1.58 bits per heavy atom. The van der Waals surface area contributed by atoms with E-state index in [1.165, 1.54) is 10.9 Å². The number of hydrogen-bond acceptors (Lipinski definition) is 3. The molecule has 1 N–H and O–H groups in total. The fraction of sp³-hybridized carbons (Fsp3) is 0.0870. The van der Waals surface area contributed by atoms with Gasteiger partial charge >= 0.3 is 6.18 Å². The van der Waals surface area contributed by atoms with Crippen molar-refractivity contribution in [1.29, 1.82) is 0 Å². The fourth-order valence-corrected chi connectivity index (χ4v) is 4.69. The number of anilines is 1. The zero-order valence-corrected chi connectivity index (χ0v) is 18.5. The number of rotatable bonds is 6. The highest BCUT2D eigenvalue weighted by Gasteiger charge is 2.32. The summed E-state index contributed by atoms with van der Waals surface area (Å²) in [6, 6.07) is 20.4. The second-order valence-corrected chi connectivity index (χ2v) is 9.25. The average Bonchev–Trinajstić information content (AvgIpc) is 3.20. The van der Waals surface area contributed by atoms with Crippen molar-refractivity contribution in [2.75, 3.05) is 4.72 Å². The minimum atomic E-state index is -4.65. The van der Waals surface area contributed by atoms with Gasteiger partial charge in [0.05, 0.1) is 22.8 Å². The number of hydrogen-bond donors (Lipinski definition) is 1. The minimum absolute atomic E-state index is 0.162. The van der Waals surface area contributed by atoms with Crippen LogP contribution in [0.1, 0.15) is 11.1 Å². The molecule has 170 valence electrons. The lowest BCUT2D eigenvalue weighted by Gasteiger charge is -2.13. The second-order valence-electron chi connectivity index (χ2n) is 7.19. The van der Waals surface area contributed by atoms with Gasteiger partial charge in [-0.1, -0.05) is 72.3 Å². The van der Waals surface area contributed by atoms with E-state index in [0.29, 0.717) is 18.2 Å². The molecule has 0 saturated heterocycles. The summed E-state index contributed by atoms with van der Waals surface area (Å²) in [6.45, 7) is 0.306. The van der Waals surface area contributed by atoms with Gasteiger partial charge in [-0.2, -0.15) is 18.3 Å². The molecule has 33 heavy (non-hydrogen) atoms. The van der Waals surface area contributed by atoms with Crippen molar-refractivity contribution in [3.05, 3.63) is 101 Å². The third-order valence-electron chi connectivity index (χ3n) is 4.79. The normalized spacial score (nSPS) is 12.0. The molecule has 0 atom stereocenters. The Kier molecular flexibility index (Phi) is 6.18. The quantitative estimate of drug-likeness (QED) is 0.356. The topological polar surface area (TPSA) is 64.0 Å². The highest BCUT2D eigenvalue weighted by molar-refractivity contribution is 7.92. The van der Waals surface area contributed by atoms with Crippen LogP contribution in [0.15, 0.2) is 90.0 Å². The summed E-state index contributed by atoms with van der Waals surface area (Å²) in [7, 11) is -4.33. The summed E-state index contributed by atoms with van der Waals surface area (Å²) in [5.41, 5.74) is 0.216. The molecule has 0 aliphatic rings. The first kappa shape index (κ1) is 22.9. The summed E-state index contributed by atoms with van der Waals surface area (Å²) in [6.07, 6.45) is -3.31. The molecule has 5 nitrogen and oxygen atoms in total. The minimum Gasteiger partial charge on any atom is -0.278 e. The van der Waals surface area contributed by atoms with Crippen LogP contribution >= 0.6 is 11.6 Å². The molecule has 0 bridgehead atoms. The Labute approximate surface area is 193 Å². The third kappa shape index (κ3) is 5.20. The smallest absolute Gasteiger partial charge is 0.278 e. The Morgan fingerprint density at radius 3 is 2.21 bits per heavy atom. The van der Waals surface area contributed by atoms with Crippen LogP contribution in [0.4, 0.5) is 18.9 Å². The van der Waals surface area contributed by atoms with Gasteiger partial charge in [0, 0.05) is 11.8 Å². The largest absolute Gasteiger partial charge is 0.416 e. The van der Waals surface area contributed by atoms with E-state index in [4.69, 9.17) is 11.6 Å². The van der Waals surface area contributed by atoms with E-state index in [2.05, 4.69) is 9.82 Å². The number of nitrogens with one attached hydrogen (secondary N) is 1. The van der Waals surface area contributed by atoms with E-state index >= 15 is 0 Å². The van der Waals surface area contributed by atoms with E-state index in [-0.39, 0.29) is 21.3 Å². The van der Waals surface area contributed by atoms with E-state index in [1.807, 2.05) is 30.3 Å². The highest BCUT2D eigenvalue weighted by atomic mass is 35.5. The van der Waals surface area contributed by atoms with E-state index < -0.39 is 21.8 Å². The van der Waals surface area contributed by atoms with Crippen LogP contribution in [-0.4, -0.2) is 18.2 Å². The van der Waals surface area contributed by atoms with Crippen LogP contribution in [0, 0.1) is 0 Å². The molecule has 0 aliphatic heterocycles. The standard InChI is InChI=1S/C23H17ClF3N3O2S/c24-19-12-11-18(23(25,26)27)13-20(19)29-33(31,32)21-15-30(14-16-7-3-1-4-8-16)28-22(21)17-9-5-2-6-10-17/h1-13,15,29H,14H2. The molecule has 3 aromatic carbocycles. The predicted molar refractivity (Wildman–Crippen MR) is 120 cm³/mol. The maximum atomic E-state index is 13.3. The molecule has 1 heterocycles. The Bertz CT molecular complexity index is 1370. The molecular formula is C23H17ClF3N3O2S. The maximum Gasteiger partial charge on any atom is 0.416 e. The Hall–Kier alpha value is -3.30. The molecule has 0 saturated carbocycles. The van der Waals surface area contributed by atoms with Crippen molar-refractivity contribution in [3.8, 4) is 11.3 Å². The van der Waals surface area contributed by atoms with Crippen molar-refractivity contribution in [1.82, 2.24) is 9.78 Å². The van der Waals surface area contributed by atoms with Crippen LogP contribution in [0.3, 0.4) is 0 Å². The van der Waals surface area contributed by atoms with Crippen LogP contribution in [0.2, 0.25) is 5.02 Å². The van der Waals surface area contributed by atoms with Gasteiger partial charge in [0.15, 0.2) is 0 Å². The van der Waals surface area contributed by atoms with Crippen LogP contribution in [0.5, 0.6) is 0 Å². The van der Waals surface area contributed by atoms with Crippen molar-refractivity contribution < 1.29 is 21.6 Å². The van der Waals surface area contributed by atoms with E-state index in [9.17, 15) is 21.6 Å². The van der Waals surface area contributed by atoms with Gasteiger partial charge in [-0.3, -0.25) is 9.40 Å². The molecule has 0 spiro atoms. The molecule has 4 aromatic rings. The summed E-state index contributed by atoms with van der Waals surface area (Å²) in [5, 5.41) is 4.28. The number of halogens is 4. The van der Waals surface area contributed by atoms with Gasteiger partial charge < -0.3 is 0 Å². The first-order valence-electron chi connectivity index (χ1n) is 9.70. The summed E-state index contributed by atoms with van der Waals surface area (Å²) in [5.74, 6) is 0. The van der Waals surface area contributed by atoms with Gasteiger partial charge in [0.1, 0.15) is 10.6 Å². The molecule has 0 radical (unpaired) electrons. The number of benzene rings is 3. The van der Waals surface area contributed by atoms with Gasteiger partial charge in [-0.25, -0.2) is 8.42 Å². The first-order chi connectivity index (χ1) is 15.6. The number of nitrogens with zero attached hydrogens (tertiary/aromatic N) is 2. The lowest BCUT2D eigenvalue weighted by Crippen LogP contribution is -2.15. The van der Waals surface area contributed by atoms with E-state index in [1.54, 1.807) is 30.3 Å². The van der Waals surface area contributed by atoms with Crippen LogP contribution < -0.4 is 4.72 Å². The highest BCUT2D eigenvalue weighted by Crippen LogP contribution is 2.35. The summed E-state index contributed by atoms with van der Waals surface area (Å²) in [4.78, 5) is -0.182. The molecule has 1 aromatic heterocycles. The van der Waals surface area contributed by atoms with Crippen molar-refractivity contribution >= 4 is 27.3 Å². The zero-order valence-electron chi connectivity index (χ0n) is 16.9. The Balaban J connectivity index is 1.77. The lowest BCUT2D eigenvalue weighted by atomic mass is 10.2. The fourth-order valence-electron chi connectivity index (χ4n) is 3.23. The second kappa shape index (κ2) is 8.92. The van der Waals surface area contributed by atoms with Crippen molar-refractivity contribution in [3.63, 3.8) is 0 Å². The Morgan fingerprint density at radius 1 is 0.939 bits per heavy atom. The number of aromatic nitrogens is 2. The van der Waals surface area contributed by atoms with Gasteiger partial charge in [0.2, 0.25) is 0 Å². The number of sulfonamides is 1. The molecule has 10 heteroatoms. The maximum absolute atomic E-state index is 13.3. The van der Waals surface area contributed by atoms with Crippen molar-refractivity contribution in [2.24, 2.45) is 0 Å². The average molecular weight is 492 g/mol. The third-order valence-corrected chi connectivity index (χ3v) is 6.49. The molecular weight excluding hydrogens is 475 g/mol. The van der Waals surface area contributed by atoms with Gasteiger partial charge in [0.25, 0.3) is 10.0 Å².